The second kappa shape index (κ2) is 6.08. The first-order valence-corrected chi connectivity index (χ1v) is 7.95. The minimum atomic E-state index is 0.562. The Hall–Kier alpha value is -0.160. The lowest BCUT2D eigenvalue weighted by atomic mass is 9.84. The Morgan fingerprint density at radius 1 is 1.21 bits per heavy atom. The van der Waals surface area contributed by atoms with E-state index in [4.69, 9.17) is 4.74 Å². The molecule has 110 valence electrons. The monoisotopic (exact) mass is 267 g/mol. The average Bonchev–Trinajstić information content (AvgIpc) is 2.86. The van der Waals surface area contributed by atoms with Crippen LogP contribution in [0.25, 0.3) is 0 Å². The molecule has 3 aliphatic heterocycles. The third-order valence-corrected chi connectivity index (χ3v) is 5.49. The third kappa shape index (κ3) is 2.97. The number of likely N-dealkylation sites (N-methyl/N-ethyl adjacent to an activating group) is 1. The number of fused-ring (bicyclic) bond motifs is 1. The zero-order chi connectivity index (χ0) is 13.2. The van der Waals surface area contributed by atoms with Crippen LogP contribution in [0.3, 0.4) is 0 Å². The number of likely N-dealkylation sites (tertiary alicyclic amines) is 2. The number of piperidine rings is 2. The molecule has 4 atom stereocenters. The van der Waals surface area contributed by atoms with Gasteiger partial charge >= 0.3 is 0 Å². The minimum Gasteiger partial charge on any atom is -0.379 e. The summed E-state index contributed by atoms with van der Waals surface area (Å²) < 4.78 is 5.63. The van der Waals surface area contributed by atoms with E-state index in [0.717, 1.165) is 25.2 Å². The quantitative estimate of drug-likeness (QED) is 0.812. The highest BCUT2D eigenvalue weighted by Gasteiger charge is 2.36. The van der Waals surface area contributed by atoms with E-state index in [2.05, 4.69) is 29.2 Å². The number of hydrogen-bond donors (Lipinski definition) is 1. The fourth-order valence-corrected chi connectivity index (χ4v) is 4.32. The number of hydrogen-bond acceptors (Lipinski definition) is 4. The average molecular weight is 267 g/mol. The van der Waals surface area contributed by atoms with Crippen molar-refractivity contribution in [3.63, 3.8) is 0 Å². The molecule has 3 saturated heterocycles. The van der Waals surface area contributed by atoms with Gasteiger partial charge < -0.3 is 19.9 Å². The molecule has 0 saturated carbocycles. The van der Waals surface area contributed by atoms with Crippen LogP contribution in [-0.4, -0.2) is 75.4 Å². The normalized spacial score (nSPS) is 41.4. The molecular weight excluding hydrogens is 238 g/mol. The van der Waals surface area contributed by atoms with Crippen molar-refractivity contribution >= 4 is 0 Å². The van der Waals surface area contributed by atoms with Crippen LogP contribution in [-0.2, 0) is 4.74 Å². The van der Waals surface area contributed by atoms with E-state index in [9.17, 15) is 0 Å². The molecular formula is C15H29N3O. The third-order valence-electron chi connectivity index (χ3n) is 5.49. The summed E-state index contributed by atoms with van der Waals surface area (Å²) in [6.45, 7) is 6.94. The topological polar surface area (TPSA) is 27.7 Å². The summed E-state index contributed by atoms with van der Waals surface area (Å²) in [7, 11) is 4.38. The van der Waals surface area contributed by atoms with Gasteiger partial charge in [-0.05, 0) is 52.4 Å². The summed E-state index contributed by atoms with van der Waals surface area (Å²) >= 11 is 0. The van der Waals surface area contributed by atoms with E-state index < -0.39 is 0 Å². The molecule has 4 unspecified atom stereocenters. The zero-order valence-corrected chi connectivity index (χ0v) is 12.5. The maximum atomic E-state index is 5.63. The fraction of sp³-hybridized carbons (Fsp3) is 1.00. The van der Waals surface area contributed by atoms with Gasteiger partial charge in [-0.15, -0.1) is 0 Å². The zero-order valence-electron chi connectivity index (χ0n) is 12.5. The minimum absolute atomic E-state index is 0.562. The van der Waals surface area contributed by atoms with Crippen molar-refractivity contribution in [2.24, 2.45) is 11.8 Å². The summed E-state index contributed by atoms with van der Waals surface area (Å²) in [5, 5.41) is 3.41. The van der Waals surface area contributed by atoms with E-state index in [-0.39, 0.29) is 0 Å². The van der Waals surface area contributed by atoms with Crippen LogP contribution in [0.5, 0.6) is 0 Å². The largest absolute Gasteiger partial charge is 0.379 e. The smallest absolute Gasteiger partial charge is 0.0623 e. The number of nitrogens with one attached hydrogen (secondary N) is 1. The van der Waals surface area contributed by atoms with Crippen LogP contribution in [0.1, 0.15) is 19.3 Å². The fourth-order valence-electron chi connectivity index (χ4n) is 4.32. The van der Waals surface area contributed by atoms with Gasteiger partial charge in [-0.1, -0.05) is 0 Å². The molecule has 3 fully saturated rings. The van der Waals surface area contributed by atoms with Gasteiger partial charge in [-0.25, -0.2) is 0 Å². The predicted molar refractivity (Wildman–Crippen MR) is 77.4 cm³/mol. The second-order valence-corrected chi connectivity index (χ2v) is 6.69. The van der Waals surface area contributed by atoms with Gasteiger partial charge in [-0.2, -0.15) is 0 Å². The van der Waals surface area contributed by atoms with Crippen molar-refractivity contribution in [1.29, 1.82) is 0 Å². The maximum Gasteiger partial charge on any atom is 0.0623 e. The lowest BCUT2D eigenvalue weighted by Gasteiger charge is -2.46. The Morgan fingerprint density at radius 3 is 2.95 bits per heavy atom. The van der Waals surface area contributed by atoms with Gasteiger partial charge in [0.2, 0.25) is 0 Å². The molecule has 0 aromatic heterocycles. The van der Waals surface area contributed by atoms with Crippen molar-refractivity contribution in [3.8, 4) is 0 Å². The van der Waals surface area contributed by atoms with Gasteiger partial charge in [0.1, 0.15) is 0 Å². The second-order valence-electron chi connectivity index (χ2n) is 6.69. The van der Waals surface area contributed by atoms with Gasteiger partial charge in [0.15, 0.2) is 0 Å². The standard InChI is InChI=1S/C15H29N3O/c1-16-14-11-19-10-13(14)9-18-7-5-15-12(8-18)4-3-6-17(15)2/h12-16H,3-11H2,1-2H3. The molecule has 4 nitrogen and oxygen atoms in total. The van der Waals surface area contributed by atoms with Crippen molar-refractivity contribution in [3.05, 3.63) is 0 Å². The SMILES string of the molecule is CNC1COCC1CN1CCC2C(CCCN2C)C1. The molecule has 3 rings (SSSR count). The Labute approximate surface area is 117 Å². The van der Waals surface area contributed by atoms with E-state index in [1.165, 1.54) is 45.4 Å². The molecule has 0 amide bonds. The number of nitrogens with zero attached hydrogens (tertiary/aromatic N) is 2. The highest BCUT2D eigenvalue weighted by atomic mass is 16.5. The first-order chi connectivity index (χ1) is 9.28. The number of rotatable bonds is 3. The summed E-state index contributed by atoms with van der Waals surface area (Å²) in [4.78, 5) is 5.30. The summed E-state index contributed by atoms with van der Waals surface area (Å²) in [5.74, 6) is 1.59. The number of ether oxygens (including phenoxy) is 1. The molecule has 3 aliphatic rings. The molecule has 4 heteroatoms. The molecule has 0 aromatic carbocycles. The maximum absolute atomic E-state index is 5.63. The summed E-state index contributed by atoms with van der Waals surface area (Å²) in [6.07, 6.45) is 4.18. The Morgan fingerprint density at radius 2 is 2.11 bits per heavy atom. The van der Waals surface area contributed by atoms with Crippen LogP contribution in [0.2, 0.25) is 0 Å². The Bertz CT molecular complexity index is 299. The highest BCUT2D eigenvalue weighted by Crippen LogP contribution is 2.30. The van der Waals surface area contributed by atoms with Crippen molar-refractivity contribution in [2.75, 3.05) is 53.5 Å². The predicted octanol–water partition coefficient (Wildman–Crippen LogP) is 0.637. The molecule has 0 radical (unpaired) electrons. The van der Waals surface area contributed by atoms with Gasteiger partial charge in [0, 0.05) is 31.1 Å². The molecule has 0 spiro atoms. The molecule has 0 aliphatic carbocycles. The van der Waals surface area contributed by atoms with Crippen molar-refractivity contribution < 1.29 is 4.74 Å². The van der Waals surface area contributed by atoms with Gasteiger partial charge in [-0.3, -0.25) is 0 Å². The first kappa shape index (κ1) is 13.8. The lowest BCUT2D eigenvalue weighted by Crippen LogP contribution is -2.54. The Balaban J connectivity index is 1.53. The molecule has 19 heavy (non-hydrogen) atoms. The first-order valence-electron chi connectivity index (χ1n) is 7.95. The van der Waals surface area contributed by atoms with E-state index in [1.54, 1.807) is 0 Å². The molecule has 0 bridgehead atoms. The Kier molecular flexibility index (Phi) is 4.42. The van der Waals surface area contributed by atoms with E-state index in [1.807, 2.05) is 0 Å². The van der Waals surface area contributed by atoms with Crippen molar-refractivity contribution in [1.82, 2.24) is 15.1 Å². The van der Waals surface area contributed by atoms with Crippen LogP contribution in [0, 0.1) is 11.8 Å². The van der Waals surface area contributed by atoms with E-state index in [0.29, 0.717) is 12.0 Å². The van der Waals surface area contributed by atoms with Crippen LogP contribution in [0.15, 0.2) is 0 Å². The summed E-state index contributed by atoms with van der Waals surface area (Å²) in [5.41, 5.74) is 0. The molecule has 1 N–H and O–H groups in total. The summed E-state index contributed by atoms with van der Waals surface area (Å²) in [6, 6.07) is 1.41. The lowest BCUT2D eigenvalue weighted by molar-refractivity contribution is 0.0306. The highest BCUT2D eigenvalue weighted by molar-refractivity contribution is 4.91. The van der Waals surface area contributed by atoms with Crippen LogP contribution >= 0.6 is 0 Å². The van der Waals surface area contributed by atoms with Crippen LogP contribution < -0.4 is 5.32 Å². The van der Waals surface area contributed by atoms with Crippen LogP contribution in [0.4, 0.5) is 0 Å². The van der Waals surface area contributed by atoms with Gasteiger partial charge in [0.25, 0.3) is 0 Å². The molecule has 3 heterocycles. The molecule has 0 aromatic rings. The van der Waals surface area contributed by atoms with Gasteiger partial charge in [0.05, 0.1) is 13.2 Å². The van der Waals surface area contributed by atoms with E-state index >= 15 is 0 Å². The van der Waals surface area contributed by atoms with Crippen molar-refractivity contribution in [2.45, 2.75) is 31.3 Å².